The van der Waals surface area contributed by atoms with Crippen LogP contribution in [0.3, 0.4) is 0 Å². The van der Waals surface area contributed by atoms with Gasteiger partial charge < -0.3 is 20.3 Å². The molecule has 0 radical (unpaired) electrons. The number of carboxylic acid groups (broad SMARTS) is 1. The molecule has 0 spiro atoms. The number of rotatable bonds is 7. The highest BCUT2D eigenvalue weighted by atomic mass is 35.5. The summed E-state index contributed by atoms with van der Waals surface area (Å²) in [6.45, 7) is 0. The molecule has 182 valence electrons. The minimum absolute atomic E-state index is 0.0678. The number of pyridine rings is 1. The van der Waals surface area contributed by atoms with Gasteiger partial charge in [-0.3, -0.25) is 4.79 Å². The summed E-state index contributed by atoms with van der Waals surface area (Å²) < 4.78 is 4.81. The number of fused-ring (bicyclic) bond motifs is 1. The van der Waals surface area contributed by atoms with Gasteiger partial charge in [0.25, 0.3) is 5.91 Å². The topological polar surface area (TPSA) is 126 Å². The fourth-order valence-corrected chi connectivity index (χ4v) is 3.90. The van der Waals surface area contributed by atoms with Crippen LogP contribution in [0.2, 0.25) is 5.02 Å². The Labute approximate surface area is 211 Å². The van der Waals surface area contributed by atoms with Crippen molar-refractivity contribution in [2.45, 2.75) is 12.5 Å². The molecular formula is C27H21ClN2O6. The third-order valence-electron chi connectivity index (χ3n) is 5.62. The monoisotopic (exact) mass is 504 g/mol. The average Bonchev–Trinajstić information content (AvgIpc) is 2.88. The summed E-state index contributed by atoms with van der Waals surface area (Å²) in [4.78, 5) is 41.8. The molecule has 0 bridgehead atoms. The Morgan fingerprint density at radius 1 is 0.972 bits per heavy atom. The van der Waals surface area contributed by atoms with Crippen LogP contribution in [0.15, 0.2) is 72.8 Å². The Hall–Kier alpha value is -4.43. The molecule has 1 heterocycles. The van der Waals surface area contributed by atoms with Crippen molar-refractivity contribution in [1.82, 2.24) is 10.3 Å². The molecule has 1 aromatic heterocycles. The molecule has 8 nitrogen and oxygen atoms in total. The molecule has 9 heteroatoms. The summed E-state index contributed by atoms with van der Waals surface area (Å²) in [5.74, 6) is -2.56. The van der Waals surface area contributed by atoms with Crippen LogP contribution in [0, 0.1) is 0 Å². The number of hydrogen-bond donors (Lipinski definition) is 3. The lowest BCUT2D eigenvalue weighted by atomic mass is 10.00. The maximum Gasteiger partial charge on any atom is 0.336 e. The Bertz CT molecular complexity index is 1450. The van der Waals surface area contributed by atoms with E-state index in [-0.39, 0.29) is 23.4 Å². The highest BCUT2D eigenvalue weighted by molar-refractivity contribution is 6.30. The van der Waals surface area contributed by atoms with Gasteiger partial charge >= 0.3 is 11.9 Å². The zero-order chi connectivity index (χ0) is 25.8. The molecule has 4 aromatic rings. The Kier molecular flexibility index (Phi) is 7.17. The van der Waals surface area contributed by atoms with Crippen molar-refractivity contribution in [3.8, 4) is 16.9 Å². The molecule has 0 aliphatic carbocycles. The lowest BCUT2D eigenvalue weighted by molar-refractivity contribution is -0.142. The first-order valence-corrected chi connectivity index (χ1v) is 11.2. The van der Waals surface area contributed by atoms with Crippen molar-refractivity contribution in [3.63, 3.8) is 0 Å². The van der Waals surface area contributed by atoms with Crippen molar-refractivity contribution >= 4 is 40.3 Å². The lowest BCUT2D eigenvalue weighted by Gasteiger charge is -2.17. The first-order valence-electron chi connectivity index (χ1n) is 10.9. The number of benzene rings is 3. The number of methoxy groups -OCH3 is 1. The summed E-state index contributed by atoms with van der Waals surface area (Å²) in [6, 6.07) is 18.5. The average molecular weight is 505 g/mol. The Morgan fingerprint density at radius 2 is 1.64 bits per heavy atom. The maximum atomic E-state index is 13.0. The zero-order valence-corrected chi connectivity index (χ0v) is 19.8. The predicted molar refractivity (Wildman–Crippen MR) is 134 cm³/mol. The number of nitrogens with one attached hydrogen (secondary N) is 1. The third-order valence-corrected chi connectivity index (χ3v) is 5.87. The van der Waals surface area contributed by atoms with Crippen molar-refractivity contribution in [2.75, 3.05) is 7.11 Å². The summed E-state index contributed by atoms with van der Waals surface area (Å²) in [6.07, 6.45) is 0.0997. The highest BCUT2D eigenvalue weighted by Gasteiger charge is 2.25. The fraction of sp³-hybridized carbons (Fsp3) is 0.111. The van der Waals surface area contributed by atoms with Crippen molar-refractivity contribution < 1.29 is 29.3 Å². The number of phenolic OH excluding ortho intramolecular Hbond substituents is 1. The normalized spacial score (nSPS) is 11.6. The number of carboxylic acids is 1. The molecular weight excluding hydrogens is 484 g/mol. The molecule has 0 fully saturated rings. The van der Waals surface area contributed by atoms with Gasteiger partial charge in [-0.1, -0.05) is 41.9 Å². The number of aromatic nitrogens is 1. The predicted octanol–water partition coefficient (Wildman–Crippen LogP) is 4.47. The van der Waals surface area contributed by atoms with Crippen LogP contribution >= 0.6 is 11.6 Å². The van der Waals surface area contributed by atoms with Crippen LogP contribution in [0.1, 0.15) is 26.4 Å². The highest BCUT2D eigenvalue weighted by Crippen LogP contribution is 2.27. The second kappa shape index (κ2) is 10.5. The van der Waals surface area contributed by atoms with Crippen molar-refractivity contribution in [3.05, 3.63) is 94.6 Å². The number of aromatic carboxylic acids is 1. The quantitative estimate of drug-likeness (QED) is 0.317. The largest absolute Gasteiger partial charge is 0.508 e. The van der Waals surface area contributed by atoms with Crippen LogP contribution in [0.25, 0.3) is 22.0 Å². The second-order valence-corrected chi connectivity index (χ2v) is 8.46. The number of aromatic hydroxyl groups is 1. The van der Waals surface area contributed by atoms with Gasteiger partial charge in [0.1, 0.15) is 17.5 Å². The van der Waals surface area contributed by atoms with E-state index in [2.05, 4.69) is 10.3 Å². The van der Waals surface area contributed by atoms with E-state index in [1.807, 2.05) is 12.1 Å². The summed E-state index contributed by atoms with van der Waals surface area (Å²) in [5, 5.41) is 22.8. The van der Waals surface area contributed by atoms with E-state index in [9.17, 15) is 24.6 Å². The van der Waals surface area contributed by atoms with E-state index in [4.69, 9.17) is 16.3 Å². The molecule has 0 saturated heterocycles. The summed E-state index contributed by atoms with van der Waals surface area (Å²) in [5.41, 5.74) is 2.34. The number of amides is 1. The molecule has 4 rings (SSSR count). The van der Waals surface area contributed by atoms with E-state index in [1.165, 1.54) is 25.3 Å². The van der Waals surface area contributed by atoms with Gasteiger partial charge in [-0.05, 0) is 59.2 Å². The lowest BCUT2D eigenvalue weighted by Crippen LogP contribution is -2.43. The van der Waals surface area contributed by atoms with Gasteiger partial charge in [0.15, 0.2) is 0 Å². The van der Waals surface area contributed by atoms with E-state index in [1.54, 1.807) is 42.5 Å². The Morgan fingerprint density at radius 3 is 2.28 bits per heavy atom. The molecule has 3 N–H and O–H groups in total. The molecule has 0 aliphatic rings. The summed E-state index contributed by atoms with van der Waals surface area (Å²) in [7, 11) is 1.20. The summed E-state index contributed by atoms with van der Waals surface area (Å²) >= 11 is 5.96. The Balaban J connectivity index is 1.66. The SMILES string of the molecule is COC(=O)[C@H](Cc1ccc(O)cc1)NC(=O)c1cc(C(=O)O)c2cc(-c3ccc(Cl)cc3)ccc2n1. The number of nitrogens with zero attached hydrogens (tertiary/aromatic N) is 1. The van der Waals surface area contributed by atoms with Crippen molar-refractivity contribution in [1.29, 1.82) is 0 Å². The van der Waals surface area contributed by atoms with E-state index in [0.717, 1.165) is 11.1 Å². The number of carbonyl (C=O) groups excluding carboxylic acids is 2. The minimum Gasteiger partial charge on any atom is -0.508 e. The van der Waals surface area contributed by atoms with Gasteiger partial charge in [-0.2, -0.15) is 0 Å². The number of ether oxygens (including phenoxy) is 1. The van der Waals surface area contributed by atoms with Gasteiger partial charge in [0, 0.05) is 16.8 Å². The van der Waals surface area contributed by atoms with E-state index >= 15 is 0 Å². The van der Waals surface area contributed by atoms with Crippen LogP contribution in [-0.2, 0) is 16.0 Å². The van der Waals surface area contributed by atoms with Gasteiger partial charge in [0.2, 0.25) is 0 Å². The van der Waals surface area contributed by atoms with Crippen LogP contribution in [0.4, 0.5) is 0 Å². The van der Waals surface area contributed by atoms with Crippen LogP contribution in [-0.4, -0.2) is 46.2 Å². The van der Waals surface area contributed by atoms with Gasteiger partial charge in [-0.15, -0.1) is 0 Å². The third kappa shape index (κ3) is 5.45. The second-order valence-electron chi connectivity index (χ2n) is 8.02. The van der Waals surface area contributed by atoms with Crippen LogP contribution < -0.4 is 5.32 Å². The fourth-order valence-electron chi connectivity index (χ4n) is 3.78. The van der Waals surface area contributed by atoms with E-state index in [0.29, 0.717) is 21.5 Å². The minimum atomic E-state index is -1.22. The number of halogens is 1. The molecule has 3 aromatic carbocycles. The number of hydrogen-bond acceptors (Lipinski definition) is 6. The zero-order valence-electron chi connectivity index (χ0n) is 19.1. The number of esters is 1. The molecule has 0 aliphatic heterocycles. The maximum absolute atomic E-state index is 13.0. The molecule has 0 saturated carbocycles. The van der Waals surface area contributed by atoms with E-state index < -0.39 is 23.9 Å². The first-order chi connectivity index (χ1) is 17.2. The smallest absolute Gasteiger partial charge is 0.336 e. The molecule has 1 atom stereocenters. The number of carbonyl (C=O) groups is 3. The molecule has 1 amide bonds. The van der Waals surface area contributed by atoms with Gasteiger partial charge in [-0.25, -0.2) is 14.6 Å². The standard InChI is InChI=1S/C27H21ClN2O6/c1-36-27(35)24(12-15-2-9-19(31)10-3-15)30-25(32)23-14-21(26(33)34)20-13-17(6-11-22(20)29-23)16-4-7-18(28)8-5-16/h2-11,13-14,24,31H,12H2,1H3,(H,30,32)(H,33,34)/t24-/m0/s1. The van der Waals surface area contributed by atoms with Gasteiger partial charge in [0.05, 0.1) is 18.2 Å². The number of phenols is 1. The van der Waals surface area contributed by atoms with Crippen molar-refractivity contribution in [2.24, 2.45) is 0 Å². The van der Waals surface area contributed by atoms with Crippen LogP contribution in [0.5, 0.6) is 5.75 Å². The molecule has 0 unspecified atom stereocenters. The molecule has 36 heavy (non-hydrogen) atoms. The first kappa shape index (κ1) is 24.7.